The molecule has 1 aromatic heterocycles. The van der Waals surface area contributed by atoms with Gasteiger partial charge < -0.3 is 10.1 Å². The van der Waals surface area contributed by atoms with E-state index in [9.17, 15) is 10.1 Å². The van der Waals surface area contributed by atoms with Crippen LogP contribution in [0.3, 0.4) is 0 Å². The lowest BCUT2D eigenvalue weighted by Gasteiger charge is -2.19. The minimum atomic E-state index is -0.455. The van der Waals surface area contributed by atoms with E-state index in [1.54, 1.807) is 10.8 Å². The molecule has 1 rings (SSSR count). The van der Waals surface area contributed by atoms with Crippen molar-refractivity contribution in [3.8, 4) is 0 Å². The zero-order valence-electron chi connectivity index (χ0n) is 8.11. The van der Waals surface area contributed by atoms with E-state index in [4.69, 9.17) is 0 Å². The molecule has 6 heteroatoms. The Labute approximate surface area is 95.8 Å². The first-order chi connectivity index (χ1) is 6.46. The van der Waals surface area contributed by atoms with Crippen LogP contribution in [-0.2, 0) is 6.54 Å². The van der Waals surface area contributed by atoms with Crippen LogP contribution in [-0.4, -0.2) is 18.9 Å². The number of aromatic nitrogens is 2. The number of imidazole rings is 1. The van der Waals surface area contributed by atoms with Crippen LogP contribution in [0.5, 0.6) is 0 Å². The second-order valence-electron chi connectivity index (χ2n) is 3.91. The molecule has 0 saturated carbocycles. The topological polar surface area (TPSA) is 61.0 Å². The molecule has 0 radical (unpaired) electrons. The molecule has 5 nitrogen and oxygen atoms in total. The molecule has 0 aliphatic carbocycles. The molecule has 0 aromatic carbocycles. The second-order valence-corrected chi connectivity index (χ2v) is 4.67. The molecule has 1 aromatic rings. The summed E-state index contributed by atoms with van der Waals surface area (Å²) in [6.45, 7) is 4.76. The summed E-state index contributed by atoms with van der Waals surface area (Å²) in [6, 6.07) is 0. The fourth-order valence-electron chi connectivity index (χ4n) is 1.10. The average Bonchev–Trinajstić information content (AvgIpc) is 2.51. The maximum absolute atomic E-state index is 10.6. The van der Waals surface area contributed by atoms with Crippen molar-refractivity contribution >= 4 is 28.5 Å². The van der Waals surface area contributed by atoms with Crippen molar-refractivity contribution < 1.29 is 4.92 Å². The van der Waals surface area contributed by atoms with E-state index >= 15 is 0 Å². The Hall–Kier alpha value is -0.660. The highest BCUT2D eigenvalue weighted by molar-refractivity contribution is 14.1. The first-order valence-electron chi connectivity index (χ1n) is 4.18. The zero-order valence-corrected chi connectivity index (χ0v) is 10.3. The summed E-state index contributed by atoms with van der Waals surface area (Å²) >= 11 is 2.28. The molecule has 0 saturated heterocycles. The number of hydrogen-bond donors (Lipinski definition) is 0. The maximum atomic E-state index is 10.6. The molecular weight excluding hydrogens is 297 g/mol. The van der Waals surface area contributed by atoms with E-state index in [2.05, 4.69) is 41.4 Å². The van der Waals surface area contributed by atoms with E-state index in [1.807, 2.05) is 0 Å². The number of alkyl halides is 1. The normalized spacial score (nSPS) is 11.6. The van der Waals surface area contributed by atoms with E-state index in [1.165, 1.54) is 6.20 Å². The molecule has 0 fully saturated rings. The number of nitrogens with zero attached hydrogens (tertiary/aromatic N) is 3. The largest absolute Gasteiger partial charge is 0.434 e. The summed E-state index contributed by atoms with van der Waals surface area (Å²) in [5.74, 6) is -0.0806. The average molecular weight is 309 g/mol. The van der Waals surface area contributed by atoms with Gasteiger partial charge in [-0.3, -0.25) is 0 Å². The van der Waals surface area contributed by atoms with Gasteiger partial charge in [0.05, 0.1) is 6.54 Å². The standard InChI is InChI=1S/C8H12IN3O2/c1-8(2,5-9)6-11-4-3-10-7(11)12(13)14/h3-4H,5-6H2,1-2H3. The van der Waals surface area contributed by atoms with Gasteiger partial charge in [-0.05, 0) is 4.92 Å². The van der Waals surface area contributed by atoms with Crippen molar-refractivity contribution in [1.82, 2.24) is 9.55 Å². The van der Waals surface area contributed by atoms with E-state index in [0.717, 1.165) is 4.43 Å². The Kier molecular flexibility index (Phi) is 3.46. The van der Waals surface area contributed by atoms with Crippen LogP contribution in [0.1, 0.15) is 13.8 Å². The van der Waals surface area contributed by atoms with Gasteiger partial charge in [0.2, 0.25) is 0 Å². The minimum absolute atomic E-state index is 0.0476. The van der Waals surface area contributed by atoms with Crippen LogP contribution in [0.4, 0.5) is 5.95 Å². The number of halogens is 1. The molecule has 78 valence electrons. The number of hydrogen-bond acceptors (Lipinski definition) is 3. The molecule has 0 N–H and O–H groups in total. The van der Waals surface area contributed by atoms with Crippen LogP contribution in [0.15, 0.2) is 12.4 Å². The monoisotopic (exact) mass is 309 g/mol. The molecule has 0 aliphatic heterocycles. The second kappa shape index (κ2) is 4.24. The van der Waals surface area contributed by atoms with Crippen LogP contribution in [0.25, 0.3) is 0 Å². The molecule has 0 aliphatic rings. The third-order valence-corrected chi connectivity index (χ3v) is 3.88. The molecule has 14 heavy (non-hydrogen) atoms. The third-order valence-electron chi connectivity index (χ3n) is 1.82. The summed E-state index contributed by atoms with van der Waals surface area (Å²) in [7, 11) is 0. The van der Waals surface area contributed by atoms with Gasteiger partial charge in [-0.1, -0.05) is 41.4 Å². The van der Waals surface area contributed by atoms with Gasteiger partial charge in [-0.2, -0.15) is 0 Å². The van der Waals surface area contributed by atoms with Crippen LogP contribution < -0.4 is 0 Å². The van der Waals surface area contributed by atoms with Gasteiger partial charge in [0.1, 0.15) is 12.4 Å². The van der Waals surface area contributed by atoms with Crippen molar-refractivity contribution in [3.05, 3.63) is 22.5 Å². The highest BCUT2D eigenvalue weighted by Gasteiger charge is 2.23. The Morgan fingerprint density at radius 1 is 1.71 bits per heavy atom. The van der Waals surface area contributed by atoms with Gasteiger partial charge >= 0.3 is 5.95 Å². The molecule has 1 heterocycles. The number of rotatable bonds is 4. The summed E-state index contributed by atoms with van der Waals surface area (Å²) in [4.78, 5) is 13.8. The van der Waals surface area contributed by atoms with Crippen molar-refractivity contribution in [2.75, 3.05) is 4.43 Å². The van der Waals surface area contributed by atoms with Crippen molar-refractivity contribution in [2.24, 2.45) is 5.41 Å². The first kappa shape index (κ1) is 11.4. The molecule has 0 atom stereocenters. The minimum Gasteiger partial charge on any atom is -0.390 e. The zero-order chi connectivity index (χ0) is 10.8. The fourth-order valence-corrected chi connectivity index (χ4v) is 1.34. The maximum Gasteiger partial charge on any atom is 0.434 e. The quantitative estimate of drug-likeness (QED) is 0.371. The molecule has 0 amide bonds. The molecule has 0 spiro atoms. The van der Waals surface area contributed by atoms with E-state index in [0.29, 0.717) is 6.54 Å². The molecule has 0 unspecified atom stereocenters. The van der Waals surface area contributed by atoms with Gasteiger partial charge in [0.25, 0.3) is 0 Å². The summed E-state index contributed by atoms with van der Waals surface area (Å²) in [5.41, 5.74) is 0.0476. The lowest BCUT2D eigenvalue weighted by molar-refractivity contribution is -0.397. The lowest BCUT2D eigenvalue weighted by Crippen LogP contribution is -2.21. The van der Waals surface area contributed by atoms with Crippen molar-refractivity contribution in [1.29, 1.82) is 0 Å². The Balaban J connectivity index is 2.86. The summed E-state index contributed by atoms with van der Waals surface area (Å²) < 4.78 is 2.53. The lowest BCUT2D eigenvalue weighted by atomic mass is 9.97. The van der Waals surface area contributed by atoms with E-state index in [-0.39, 0.29) is 11.4 Å². The highest BCUT2D eigenvalue weighted by atomic mass is 127. The summed E-state index contributed by atoms with van der Waals surface area (Å²) in [6.07, 6.45) is 3.10. The molecule has 0 bridgehead atoms. The van der Waals surface area contributed by atoms with Crippen molar-refractivity contribution in [3.63, 3.8) is 0 Å². The van der Waals surface area contributed by atoms with Gasteiger partial charge in [0, 0.05) is 9.84 Å². The SMILES string of the molecule is CC(C)(CI)Cn1ccnc1[N+](=O)[O-]. The van der Waals surface area contributed by atoms with Crippen LogP contribution >= 0.6 is 22.6 Å². The third kappa shape index (κ3) is 2.66. The Morgan fingerprint density at radius 3 is 2.86 bits per heavy atom. The first-order valence-corrected chi connectivity index (χ1v) is 5.70. The fraction of sp³-hybridized carbons (Fsp3) is 0.625. The summed E-state index contributed by atoms with van der Waals surface area (Å²) in [5, 5.41) is 10.6. The van der Waals surface area contributed by atoms with E-state index < -0.39 is 4.92 Å². The van der Waals surface area contributed by atoms with Crippen LogP contribution in [0.2, 0.25) is 0 Å². The molecular formula is C8H12IN3O2. The van der Waals surface area contributed by atoms with Gasteiger partial charge in [-0.25, -0.2) is 4.57 Å². The number of nitro groups is 1. The van der Waals surface area contributed by atoms with Gasteiger partial charge in [-0.15, -0.1) is 0 Å². The van der Waals surface area contributed by atoms with Gasteiger partial charge in [0.15, 0.2) is 0 Å². The predicted octanol–water partition coefficient (Wildman–Crippen LogP) is 2.25. The predicted molar refractivity (Wildman–Crippen MR) is 61.5 cm³/mol. The van der Waals surface area contributed by atoms with Crippen molar-refractivity contribution in [2.45, 2.75) is 20.4 Å². The smallest absolute Gasteiger partial charge is 0.390 e. The Morgan fingerprint density at radius 2 is 2.36 bits per heavy atom. The Bertz CT molecular complexity index is 335. The van der Waals surface area contributed by atoms with Crippen LogP contribution in [0, 0.1) is 15.5 Å². The highest BCUT2D eigenvalue weighted by Crippen LogP contribution is 2.23.